The molecule has 1 aromatic carbocycles. The van der Waals surface area contributed by atoms with Crippen LogP contribution in [0.1, 0.15) is 121 Å². The van der Waals surface area contributed by atoms with Gasteiger partial charge in [-0.3, -0.25) is 4.79 Å². The summed E-state index contributed by atoms with van der Waals surface area (Å²) < 4.78 is 5.23. The first-order chi connectivity index (χ1) is 27.3. The Morgan fingerprint density at radius 1 is 0.633 bits per heavy atom. The zero-order valence-corrected chi connectivity index (χ0v) is 42.1. The van der Waals surface area contributed by atoms with Crippen LogP contribution in [-0.2, 0) is 49.5 Å². The van der Waals surface area contributed by atoms with Gasteiger partial charge in [0.05, 0.1) is 5.60 Å². The van der Waals surface area contributed by atoms with E-state index in [2.05, 4.69) is 95.7 Å². The van der Waals surface area contributed by atoms with Crippen LogP contribution in [0.15, 0.2) is 30.3 Å². The van der Waals surface area contributed by atoms with Gasteiger partial charge in [-0.1, -0.05) is 78.3 Å². The minimum Gasteiger partial charge on any atom is -0.394 e. The monoisotopic (exact) mass is 883 g/mol. The second kappa shape index (κ2) is 167. The molecular weight excluding hydrogens is 777 g/mol. The van der Waals surface area contributed by atoms with Crippen LogP contribution in [0, 0.1) is 5.92 Å². The Morgan fingerprint density at radius 3 is 0.967 bits per heavy atom. The first-order valence-corrected chi connectivity index (χ1v) is 18.2. The molecule has 374 valence electrons. The molecule has 1 aliphatic heterocycles. The highest BCUT2D eigenvalue weighted by molar-refractivity contribution is 5.73. The number of hydrogen-bond donors (Lipinski definition) is 8. The lowest BCUT2D eigenvalue weighted by Crippen LogP contribution is -2.33. The lowest BCUT2D eigenvalue weighted by molar-refractivity contribution is -0.129. The van der Waals surface area contributed by atoms with Crippen molar-refractivity contribution in [3.63, 3.8) is 0 Å². The Hall–Kier alpha value is -3.98. The van der Waals surface area contributed by atoms with E-state index in [9.17, 15) is 4.79 Å². The van der Waals surface area contributed by atoms with Gasteiger partial charge in [-0.15, -0.1) is 0 Å². The normalized spacial score (nSPS) is 7.97. The van der Waals surface area contributed by atoms with Gasteiger partial charge in [0.2, 0.25) is 5.91 Å². The number of aliphatic hydroxyl groups excluding tert-OH is 1. The Kier molecular flexibility index (Phi) is 326. The van der Waals surface area contributed by atoms with E-state index in [1.807, 2.05) is 79.3 Å². The van der Waals surface area contributed by atoms with Crippen LogP contribution in [-0.4, -0.2) is 123 Å². The molecular formula is C42H106N8O10. The maximum atomic E-state index is 10.7. The molecule has 2 rings (SSSR count). The lowest BCUT2D eigenvalue weighted by atomic mass is 10.1. The molecule has 0 spiro atoms. The van der Waals surface area contributed by atoms with Crippen molar-refractivity contribution in [2.75, 3.05) is 47.9 Å². The number of carbonyl (C=O) groups excluding carboxylic acids is 8. The number of aliphatic hydroxyl groups is 1. The number of piperidine rings is 1. The maximum absolute atomic E-state index is 10.7. The second-order valence-electron chi connectivity index (χ2n) is 9.85. The standard InChI is InChI=1S/C8H10.C7H13NO.C6H14O.C5H12.C3H8O.C2H6.4CH5N.7CH2O.3H3N/c1-2-8-6-4-3-5-7-8;1-7(9)8-5-3-2-4-6-8;1-5-7-6(2,3)4;1-4-5(2)3;1-3(2)4;12*1-2;;;/h3-7H,2H2,1H3;2-6H2,1H3;5H2,1-4H3;5H,4H2,1-3H3;3-4H,1-2H3;1-2H3;4*2H2,1H3;7*1H2;3*1H3. The van der Waals surface area contributed by atoms with Crippen LogP contribution in [0.25, 0.3) is 0 Å². The summed E-state index contributed by atoms with van der Waals surface area (Å²) in [5, 5.41) is 8.06. The van der Waals surface area contributed by atoms with Crippen LogP contribution in [0.4, 0.5) is 0 Å². The number of carbonyl (C=O) groups is 8. The molecule has 1 aromatic rings. The van der Waals surface area contributed by atoms with Crippen molar-refractivity contribution in [1.29, 1.82) is 0 Å². The summed E-state index contributed by atoms with van der Waals surface area (Å²) in [6, 6.07) is 10.5. The van der Waals surface area contributed by atoms with Crippen LogP contribution < -0.4 is 41.4 Å². The van der Waals surface area contributed by atoms with Gasteiger partial charge in [-0.25, -0.2) is 0 Å². The van der Waals surface area contributed by atoms with Crippen molar-refractivity contribution >= 4 is 53.4 Å². The quantitative estimate of drug-likeness (QED) is 0.171. The van der Waals surface area contributed by atoms with Crippen LogP contribution in [0.2, 0.25) is 0 Å². The fourth-order valence-corrected chi connectivity index (χ4v) is 2.36. The molecule has 0 bridgehead atoms. The SMILES string of the molecule is C=O.C=O.C=O.C=O.C=O.C=O.C=O.CC.CC(=O)N1CCCCC1.CC(C)O.CCC(C)C.CCOC(C)(C)C.CCc1ccccc1.CN.CN.CN.CN.N.N.N. The number of ether oxygens (including phenoxy) is 1. The molecule has 0 atom stereocenters. The first kappa shape index (κ1) is 117. The largest absolute Gasteiger partial charge is 0.394 e. The highest BCUT2D eigenvalue weighted by atomic mass is 16.5. The van der Waals surface area contributed by atoms with Gasteiger partial charge in [0.1, 0.15) is 47.5 Å². The number of nitrogens with zero attached hydrogens (tertiary/aromatic N) is 1. The number of aryl methyl sites for hydroxylation is 1. The summed E-state index contributed by atoms with van der Waals surface area (Å²) in [6.07, 6.45) is 5.96. The van der Waals surface area contributed by atoms with E-state index in [1.54, 1.807) is 20.8 Å². The van der Waals surface area contributed by atoms with Crippen LogP contribution >= 0.6 is 0 Å². The number of likely N-dealkylation sites (tertiary alicyclic amines) is 1. The zero-order valence-electron chi connectivity index (χ0n) is 42.1. The average molecular weight is 883 g/mol. The highest BCUT2D eigenvalue weighted by Gasteiger charge is 2.11. The molecule has 0 unspecified atom stereocenters. The van der Waals surface area contributed by atoms with Gasteiger partial charge in [-0.2, -0.15) is 0 Å². The Bertz CT molecular complexity index is 643. The molecule has 0 aromatic heterocycles. The minimum absolute atomic E-state index is 0. The van der Waals surface area contributed by atoms with Gasteiger partial charge < -0.3 is 89.7 Å². The summed E-state index contributed by atoms with van der Waals surface area (Å²) in [7, 11) is 6.00. The number of hydrogen-bond acceptors (Lipinski definition) is 17. The Balaban J connectivity index is -0.0000000204. The third-order valence-corrected chi connectivity index (χ3v) is 4.45. The molecule has 0 radical (unpaired) electrons. The van der Waals surface area contributed by atoms with Gasteiger partial charge >= 0.3 is 0 Å². The van der Waals surface area contributed by atoms with Gasteiger partial charge in [0, 0.05) is 32.7 Å². The third kappa shape index (κ3) is 263. The van der Waals surface area contributed by atoms with Crippen molar-refractivity contribution in [3.8, 4) is 0 Å². The number of amides is 1. The minimum atomic E-state index is -0.167. The van der Waals surface area contributed by atoms with Gasteiger partial charge in [0.25, 0.3) is 0 Å². The van der Waals surface area contributed by atoms with Crippen LogP contribution in [0.5, 0.6) is 0 Å². The van der Waals surface area contributed by atoms with E-state index < -0.39 is 0 Å². The van der Waals surface area contributed by atoms with Gasteiger partial charge in [-0.05, 0) is 107 Å². The van der Waals surface area contributed by atoms with Crippen molar-refractivity contribution in [1.82, 2.24) is 23.4 Å². The molecule has 1 saturated heterocycles. The molecule has 18 nitrogen and oxygen atoms in total. The topological polar surface area (TPSA) is 378 Å². The van der Waals surface area contributed by atoms with Crippen LogP contribution in [0.3, 0.4) is 0 Å². The summed E-state index contributed by atoms with van der Waals surface area (Å²) in [5.74, 6) is 1.12. The second-order valence-corrected chi connectivity index (χ2v) is 9.85. The molecule has 0 aliphatic carbocycles. The average Bonchev–Trinajstić information content (AvgIpc) is 3.30. The number of benzene rings is 1. The van der Waals surface area contributed by atoms with Crippen molar-refractivity contribution in [2.24, 2.45) is 28.9 Å². The van der Waals surface area contributed by atoms with Gasteiger partial charge in [0.15, 0.2) is 0 Å². The van der Waals surface area contributed by atoms with E-state index >= 15 is 0 Å². The molecule has 1 amide bonds. The predicted molar refractivity (Wildman–Crippen MR) is 262 cm³/mol. The molecule has 1 aliphatic rings. The van der Waals surface area contributed by atoms with Crippen molar-refractivity contribution in [2.45, 2.75) is 134 Å². The highest BCUT2D eigenvalue weighted by Crippen LogP contribution is 2.07. The molecule has 1 heterocycles. The summed E-state index contributed by atoms with van der Waals surface area (Å²) in [6.45, 7) is 42.8. The molecule has 1 fully saturated rings. The first-order valence-electron chi connectivity index (χ1n) is 18.2. The summed E-state index contributed by atoms with van der Waals surface area (Å²) >= 11 is 0. The fraction of sp³-hybridized carbons (Fsp3) is 0.667. The number of rotatable bonds is 3. The zero-order chi connectivity index (χ0) is 50.3. The predicted octanol–water partition coefficient (Wildman–Crippen LogP) is 6.05. The molecule has 18 heteroatoms. The van der Waals surface area contributed by atoms with Crippen molar-refractivity contribution in [3.05, 3.63) is 35.9 Å². The van der Waals surface area contributed by atoms with Crippen molar-refractivity contribution < 1.29 is 48.2 Å². The molecule has 0 saturated carbocycles. The van der Waals surface area contributed by atoms with E-state index in [4.69, 9.17) is 43.4 Å². The molecule has 18 N–H and O–H groups in total. The summed E-state index contributed by atoms with van der Waals surface area (Å²) in [5.41, 5.74) is 19.5. The Morgan fingerprint density at radius 2 is 0.867 bits per heavy atom. The van der Waals surface area contributed by atoms with E-state index in [1.165, 1.54) is 59.4 Å². The summed E-state index contributed by atoms with van der Waals surface area (Å²) in [4.78, 5) is 68.6. The smallest absolute Gasteiger partial charge is 0.219 e. The van der Waals surface area contributed by atoms with E-state index in [0.717, 1.165) is 32.0 Å². The lowest BCUT2D eigenvalue weighted by Gasteiger charge is -2.24. The Labute approximate surface area is 370 Å². The third-order valence-electron chi connectivity index (χ3n) is 4.45. The number of nitrogens with two attached hydrogens (primary N) is 4. The molecule has 60 heavy (non-hydrogen) atoms. The maximum Gasteiger partial charge on any atom is 0.219 e. The fourth-order valence-electron chi connectivity index (χ4n) is 2.36. The van der Waals surface area contributed by atoms with E-state index in [-0.39, 0.29) is 36.1 Å². The van der Waals surface area contributed by atoms with E-state index in [0.29, 0.717) is 0 Å².